The molecule has 0 aromatic heterocycles. The van der Waals surface area contributed by atoms with E-state index in [4.69, 9.17) is 9.84 Å². The molecule has 1 saturated heterocycles. The molecule has 15 heavy (non-hydrogen) atoms. The molecule has 0 radical (unpaired) electrons. The van der Waals surface area contributed by atoms with Gasteiger partial charge in [0.15, 0.2) is 0 Å². The average Bonchev–Trinajstić information content (AvgIpc) is 2.09. The van der Waals surface area contributed by atoms with Gasteiger partial charge in [-0.1, -0.05) is 13.8 Å². The summed E-state index contributed by atoms with van der Waals surface area (Å²) in [5.74, 6) is -2.68. The number of morpholine rings is 1. The van der Waals surface area contributed by atoms with E-state index < -0.39 is 23.8 Å². The second-order valence-electron chi connectivity index (χ2n) is 3.68. The van der Waals surface area contributed by atoms with Gasteiger partial charge in [0, 0.05) is 0 Å². The maximum Gasteiger partial charge on any atom is 0.327 e. The molecule has 0 bridgehead atoms. The zero-order valence-corrected chi connectivity index (χ0v) is 8.60. The Morgan fingerprint density at radius 1 is 1.33 bits per heavy atom. The van der Waals surface area contributed by atoms with Gasteiger partial charge in [0.1, 0.15) is 19.3 Å². The lowest BCUT2D eigenvalue weighted by Gasteiger charge is -2.32. The molecule has 1 fully saturated rings. The van der Waals surface area contributed by atoms with E-state index in [0.29, 0.717) is 0 Å². The van der Waals surface area contributed by atoms with Gasteiger partial charge in [0.25, 0.3) is 11.8 Å². The number of hydrogen-bond acceptors (Lipinski definition) is 4. The summed E-state index contributed by atoms with van der Waals surface area (Å²) in [5.41, 5.74) is 0. The molecule has 1 heterocycles. The van der Waals surface area contributed by atoms with Gasteiger partial charge in [-0.15, -0.1) is 0 Å². The minimum Gasteiger partial charge on any atom is -0.480 e. The van der Waals surface area contributed by atoms with Crippen LogP contribution in [0.25, 0.3) is 0 Å². The van der Waals surface area contributed by atoms with Crippen molar-refractivity contribution in [2.24, 2.45) is 5.92 Å². The normalized spacial score (nSPS) is 19.5. The summed E-state index contributed by atoms with van der Waals surface area (Å²) in [5, 5.41) is 8.94. The number of rotatable bonds is 3. The van der Waals surface area contributed by atoms with Crippen molar-refractivity contribution < 1.29 is 24.2 Å². The minimum atomic E-state index is -1.17. The summed E-state index contributed by atoms with van der Waals surface area (Å²) < 4.78 is 4.70. The van der Waals surface area contributed by atoms with Crippen LogP contribution in [0.15, 0.2) is 0 Å². The van der Waals surface area contributed by atoms with E-state index in [0.717, 1.165) is 4.90 Å². The second-order valence-corrected chi connectivity index (χ2v) is 3.68. The number of carboxylic acids is 1. The molecule has 84 valence electrons. The summed E-state index contributed by atoms with van der Waals surface area (Å²) in [4.78, 5) is 34.5. The number of ether oxygens (including phenoxy) is 1. The van der Waals surface area contributed by atoms with E-state index >= 15 is 0 Å². The molecule has 0 aliphatic carbocycles. The highest BCUT2D eigenvalue weighted by Gasteiger charge is 2.38. The van der Waals surface area contributed by atoms with Crippen LogP contribution in [0.1, 0.15) is 13.8 Å². The quantitative estimate of drug-likeness (QED) is 0.640. The van der Waals surface area contributed by atoms with Crippen molar-refractivity contribution in [2.45, 2.75) is 19.9 Å². The standard InChI is InChI=1S/C9H13NO5/c1-5(2)8(9(13)14)10-6(11)3-15-4-7(10)12/h5,8H,3-4H2,1-2H3,(H,13,14). The summed E-state index contributed by atoms with van der Waals surface area (Å²) in [6.45, 7) is 2.83. The van der Waals surface area contributed by atoms with Crippen molar-refractivity contribution in [1.82, 2.24) is 4.90 Å². The molecule has 0 spiro atoms. The highest BCUT2D eigenvalue weighted by molar-refractivity contribution is 6.01. The summed E-state index contributed by atoms with van der Waals surface area (Å²) in [6.07, 6.45) is 0. The van der Waals surface area contributed by atoms with Crippen molar-refractivity contribution in [3.63, 3.8) is 0 Å². The monoisotopic (exact) mass is 215 g/mol. The number of carbonyl (C=O) groups is 3. The Hall–Kier alpha value is -1.43. The minimum absolute atomic E-state index is 0.234. The van der Waals surface area contributed by atoms with Crippen LogP contribution in [-0.2, 0) is 19.1 Å². The number of carbonyl (C=O) groups excluding carboxylic acids is 2. The summed E-state index contributed by atoms with van der Waals surface area (Å²) in [6, 6.07) is -1.10. The van der Waals surface area contributed by atoms with Gasteiger partial charge >= 0.3 is 5.97 Å². The van der Waals surface area contributed by atoms with E-state index in [1.165, 1.54) is 0 Å². The number of hydrogen-bond donors (Lipinski definition) is 1. The van der Waals surface area contributed by atoms with E-state index in [1.54, 1.807) is 13.8 Å². The van der Waals surface area contributed by atoms with Crippen LogP contribution in [0.5, 0.6) is 0 Å². The first kappa shape index (κ1) is 11.6. The van der Waals surface area contributed by atoms with Crippen molar-refractivity contribution in [3.05, 3.63) is 0 Å². The van der Waals surface area contributed by atoms with Gasteiger partial charge in [-0.2, -0.15) is 0 Å². The van der Waals surface area contributed by atoms with Crippen molar-refractivity contribution in [3.8, 4) is 0 Å². The van der Waals surface area contributed by atoms with Crippen LogP contribution < -0.4 is 0 Å². The topological polar surface area (TPSA) is 83.9 Å². The largest absolute Gasteiger partial charge is 0.480 e. The fourth-order valence-electron chi connectivity index (χ4n) is 1.51. The fraction of sp³-hybridized carbons (Fsp3) is 0.667. The molecule has 1 unspecified atom stereocenters. The Kier molecular flexibility index (Phi) is 3.41. The van der Waals surface area contributed by atoms with Gasteiger partial charge in [-0.05, 0) is 5.92 Å². The van der Waals surface area contributed by atoms with Gasteiger partial charge in [0.2, 0.25) is 0 Å². The van der Waals surface area contributed by atoms with Crippen LogP contribution in [0.2, 0.25) is 0 Å². The third-order valence-corrected chi connectivity index (χ3v) is 2.15. The second kappa shape index (κ2) is 4.39. The molecule has 1 N–H and O–H groups in total. The molecule has 0 aromatic rings. The molecular formula is C9H13NO5. The Morgan fingerprint density at radius 3 is 2.13 bits per heavy atom. The maximum atomic E-state index is 11.4. The first-order valence-electron chi connectivity index (χ1n) is 4.60. The molecule has 6 heteroatoms. The van der Waals surface area contributed by atoms with Crippen LogP contribution >= 0.6 is 0 Å². The summed E-state index contributed by atoms with van der Waals surface area (Å²) >= 11 is 0. The lowest BCUT2D eigenvalue weighted by atomic mass is 10.0. The lowest BCUT2D eigenvalue weighted by molar-refractivity contribution is -0.169. The maximum absolute atomic E-state index is 11.4. The van der Waals surface area contributed by atoms with E-state index in [2.05, 4.69) is 0 Å². The zero-order chi connectivity index (χ0) is 11.6. The van der Waals surface area contributed by atoms with Crippen molar-refractivity contribution in [2.75, 3.05) is 13.2 Å². The lowest BCUT2D eigenvalue weighted by Crippen LogP contribution is -2.56. The van der Waals surface area contributed by atoms with Crippen LogP contribution in [-0.4, -0.2) is 47.0 Å². The smallest absolute Gasteiger partial charge is 0.327 e. The van der Waals surface area contributed by atoms with Crippen LogP contribution in [0.3, 0.4) is 0 Å². The molecule has 0 aromatic carbocycles. The SMILES string of the molecule is CC(C)C(C(=O)O)N1C(=O)COCC1=O. The van der Waals surface area contributed by atoms with E-state index in [1.807, 2.05) is 0 Å². The zero-order valence-electron chi connectivity index (χ0n) is 8.60. The summed E-state index contributed by atoms with van der Waals surface area (Å²) in [7, 11) is 0. The van der Waals surface area contributed by atoms with Crippen LogP contribution in [0, 0.1) is 5.92 Å². The van der Waals surface area contributed by atoms with Crippen molar-refractivity contribution in [1.29, 1.82) is 0 Å². The number of amides is 2. The molecule has 1 aliphatic rings. The highest BCUT2D eigenvalue weighted by Crippen LogP contribution is 2.14. The Morgan fingerprint density at radius 2 is 1.80 bits per heavy atom. The molecule has 0 saturated carbocycles. The highest BCUT2D eigenvalue weighted by atomic mass is 16.5. The predicted octanol–water partition coefficient (Wildman–Crippen LogP) is -0.519. The third kappa shape index (κ3) is 2.33. The first-order chi connectivity index (χ1) is 6.95. The molecule has 1 rings (SSSR count). The number of aliphatic carboxylic acids is 1. The molecule has 2 amide bonds. The fourth-order valence-corrected chi connectivity index (χ4v) is 1.51. The van der Waals surface area contributed by atoms with E-state index in [9.17, 15) is 14.4 Å². The third-order valence-electron chi connectivity index (χ3n) is 2.15. The number of nitrogens with zero attached hydrogens (tertiary/aromatic N) is 1. The van der Waals surface area contributed by atoms with Gasteiger partial charge in [-0.3, -0.25) is 14.5 Å². The molecular weight excluding hydrogens is 202 g/mol. The van der Waals surface area contributed by atoms with Crippen LogP contribution in [0.4, 0.5) is 0 Å². The van der Waals surface area contributed by atoms with Gasteiger partial charge in [-0.25, -0.2) is 4.79 Å². The predicted molar refractivity (Wildman–Crippen MR) is 48.9 cm³/mol. The molecule has 1 aliphatic heterocycles. The van der Waals surface area contributed by atoms with Gasteiger partial charge in [0.05, 0.1) is 0 Å². The number of imide groups is 1. The first-order valence-corrected chi connectivity index (χ1v) is 4.60. The van der Waals surface area contributed by atoms with Crippen molar-refractivity contribution >= 4 is 17.8 Å². The number of carboxylic acid groups (broad SMARTS) is 1. The molecule has 1 atom stereocenters. The molecule has 6 nitrogen and oxygen atoms in total. The average molecular weight is 215 g/mol. The Balaban J connectivity index is 2.94. The van der Waals surface area contributed by atoms with E-state index in [-0.39, 0.29) is 19.1 Å². The van der Waals surface area contributed by atoms with Gasteiger partial charge < -0.3 is 9.84 Å². The Labute approximate surface area is 86.8 Å². The Bertz CT molecular complexity index is 283.